The summed E-state index contributed by atoms with van der Waals surface area (Å²) in [5.41, 5.74) is 2.52. The number of para-hydroxylation sites is 2. The van der Waals surface area contributed by atoms with Crippen LogP contribution in [0.3, 0.4) is 0 Å². The Kier molecular flexibility index (Phi) is 5.99. The van der Waals surface area contributed by atoms with Gasteiger partial charge in [-0.25, -0.2) is 9.97 Å². The van der Waals surface area contributed by atoms with Crippen LogP contribution >= 0.6 is 0 Å². The first-order chi connectivity index (χ1) is 18.2. The molecule has 7 rings (SSSR count). The number of ether oxygens (including phenoxy) is 1. The quantitative estimate of drug-likeness (QED) is 0.479. The van der Waals surface area contributed by atoms with Crippen molar-refractivity contribution in [2.45, 2.75) is 94.8 Å². The van der Waals surface area contributed by atoms with Crippen molar-refractivity contribution >= 4 is 11.0 Å². The van der Waals surface area contributed by atoms with Crippen LogP contribution in [0.1, 0.15) is 76.7 Å². The SMILES string of the molecule is COc1cncc(-c2nc3ccccc3n([C@H]3C[C@H]4CCC[C@@H](C3)N4[C@H]3C[C@@H]4CCC[C@@H](C4)C3)c2=O)n1. The highest BCUT2D eigenvalue weighted by Gasteiger charge is 2.45. The number of piperidine rings is 2. The Balaban J connectivity index is 1.26. The Morgan fingerprint density at radius 2 is 1.54 bits per heavy atom. The van der Waals surface area contributed by atoms with Crippen molar-refractivity contribution in [3.63, 3.8) is 0 Å². The predicted molar refractivity (Wildman–Crippen MR) is 144 cm³/mol. The standard InChI is InChI=1S/C30H37N5O2/c1-37-28-18-31-17-26(32-28)29-30(36)35(27-11-3-2-10-25(27)33-29)24-15-21-8-5-9-22(16-24)34(21)23-13-19-6-4-7-20(12-19)14-23/h2-3,10-11,17-24H,4-9,12-16H2,1H3/t19-,20+,21-,22+,23+,24+. The summed E-state index contributed by atoms with van der Waals surface area (Å²) in [6.07, 6.45) is 17.6. The molecular formula is C30H37N5O2. The molecular weight excluding hydrogens is 462 g/mol. The largest absolute Gasteiger partial charge is 0.480 e. The average Bonchev–Trinajstić information content (AvgIpc) is 2.92. The first-order valence-corrected chi connectivity index (χ1v) is 14.3. The van der Waals surface area contributed by atoms with Crippen molar-refractivity contribution in [2.24, 2.45) is 11.8 Å². The van der Waals surface area contributed by atoms with E-state index in [-0.39, 0.29) is 11.6 Å². The molecule has 2 aliphatic carbocycles. The summed E-state index contributed by atoms with van der Waals surface area (Å²) in [6, 6.07) is 10.1. The smallest absolute Gasteiger partial charge is 0.279 e. The van der Waals surface area contributed by atoms with E-state index >= 15 is 0 Å². The first-order valence-electron chi connectivity index (χ1n) is 14.3. The van der Waals surface area contributed by atoms with Gasteiger partial charge in [0.1, 0.15) is 5.69 Å². The molecule has 0 amide bonds. The zero-order valence-electron chi connectivity index (χ0n) is 21.8. The van der Waals surface area contributed by atoms with Crippen LogP contribution < -0.4 is 10.3 Å². The number of methoxy groups -OCH3 is 1. The molecule has 7 nitrogen and oxygen atoms in total. The van der Waals surface area contributed by atoms with E-state index < -0.39 is 0 Å². The molecule has 3 aromatic rings. The third kappa shape index (κ3) is 4.15. The maximum absolute atomic E-state index is 14.1. The topological polar surface area (TPSA) is 73.1 Å². The summed E-state index contributed by atoms with van der Waals surface area (Å²) < 4.78 is 7.33. The molecule has 2 aromatic heterocycles. The lowest BCUT2D eigenvalue weighted by Gasteiger charge is -2.55. The minimum atomic E-state index is -0.0648. The van der Waals surface area contributed by atoms with Crippen molar-refractivity contribution < 1.29 is 4.74 Å². The highest BCUT2D eigenvalue weighted by Crippen LogP contribution is 2.47. The van der Waals surface area contributed by atoms with Crippen molar-refractivity contribution in [1.82, 2.24) is 24.4 Å². The van der Waals surface area contributed by atoms with Crippen LogP contribution in [-0.4, -0.2) is 49.7 Å². The van der Waals surface area contributed by atoms with Gasteiger partial charge in [0.2, 0.25) is 5.88 Å². The number of nitrogens with zero attached hydrogens (tertiary/aromatic N) is 5. The molecule has 4 bridgehead atoms. The van der Waals surface area contributed by atoms with E-state index in [1.807, 2.05) is 18.2 Å². The van der Waals surface area contributed by atoms with Crippen LogP contribution in [0.25, 0.3) is 22.4 Å². The van der Waals surface area contributed by atoms with Crippen LogP contribution in [-0.2, 0) is 0 Å². The van der Waals surface area contributed by atoms with Gasteiger partial charge in [-0.2, -0.15) is 0 Å². The molecule has 6 atom stereocenters. The molecule has 0 N–H and O–H groups in total. The maximum Gasteiger partial charge on any atom is 0.279 e. The summed E-state index contributed by atoms with van der Waals surface area (Å²) in [5, 5.41) is 0. The summed E-state index contributed by atoms with van der Waals surface area (Å²) in [5.74, 6) is 2.27. The van der Waals surface area contributed by atoms with E-state index in [4.69, 9.17) is 9.72 Å². The zero-order chi connectivity index (χ0) is 24.9. The lowest BCUT2D eigenvalue weighted by molar-refractivity contribution is -0.0485. The van der Waals surface area contributed by atoms with Gasteiger partial charge in [0.25, 0.3) is 5.56 Å². The maximum atomic E-state index is 14.1. The summed E-state index contributed by atoms with van der Waals surface area (Å²) in [7, 11) is 1.56. The molecule has 0 spiro atoms. The molecule has 37 heavy (non-hydrogen) atoms. The molecule has 0 radical (unpaired) electrons. The normalized spacial score (nSPS) is 31.8. The van der Waals surface area contributed by atoms with Gasteiger partial charge in [0, 0.05) is 24.2 Å². The van der Waals surface area contributed by atoms with E-state index in [9.17, 15) is 4.79 Å². The summed E-state index contributed by atoms with van der Waals surface area (Å²) in [4.78, 5) is 30.6. The number of aromatic nitrogens is 4. The Bertz CT molecular complexity index is 1330. The number of fused-ring (bicyclic) bond motifs is 5. The van der Waals surface area contributed by atoms with E-state index in [1.165, 1.54) is 57.8 Å². The molecule has 194 valence electrons. The number of rotatable bonds is 4. The van der Waals surface area contributed by atoms with Crippen molar-refractivity contribution in [2.75, 3.05) is 7.11 Å². The van der Waals surface area contributed by atoms with Gasteiger partial charge >= 0.3 is 0 Å². The van der Waals surface area contributed by atoms with Gasteiger partial charge in [-0.05, 0) is 68.9 Å². The van der Waals surface area contributed by atoms with E-state index in [2.05, 4.69) is 25.5 Å². The second-order valence-electron chi connectivity index (χ2n) is 11.9. The molecule has 2 saturated carbocycles. The van der Waals surface area contributed by atoms with Gasteiger partial charge in [-0.3, -0.25) is 14.7 Å². The third-order valence-electron chi connectivity index (χ3n) is 9.75. The van der Waals surface area contributed by atoms with Gasteiger partial charge in [0.15, 0.2) is 5.69 Å². The van der Waals surface area contributed by atoms with E-state index in [1.54, 1.807) is 19.5 Å². The molecule has 4 aliphatic rings. The third-order valence-corrected chi connectivity index (χ3v) is 9.75. The Hall–Kier alpha value is -2.80. The van der Waals surface area contributed by atoms with Crippen LogP contribution in [0.4, 0.5) is 0 Å². The number of benzene rings is 1. The predicted octanol–water partition coefficient (Wildman–Crippen LogP) is 5.39. The summed E-state index contributed by atoms with van der Waals surface area (Å²) in [6.45, 7) is 0. The van der Waals surface area contributed by atoms with E-state index in [0.29, 0.717) is 29.4 Å². The molecule has 2 saturated heterocycles. The van der Waals surface area contributed by atoms with Crippen LogP contribution in [0, 0.1) is 11.8 Å². The lowest BCUT2D eigenvalue weighted by Crippen LogP contribution is -2.58. The van der Waals surface area contributed by atoms with Crippen LogP contribution in [0.2, 0.25) is 0 Å². The highest BCUT2D eigenvalue weighted by molar-refractivity contribution is 5.77. The molecule has 4 heterocycles. The molecule has 7 heteroatoms. The fourth-order valence-corrected chi connectivity index (χ4v) is 8.38. The molecule has 0 unspecified atom stereocenters. The van der Waals surface area contributed by atoms with Gasteiger partial charge < -0.3 is 9.30 Å². The second kappa shape index (κ2) is 9.50. The zero-order valence-corrected chi connectivity index (χ0v) is 21.8. The van der Waals surface area contributed by atoms with E-state index in [0.717, 1.165) is 41.8 Å². The Labute approximate surface area is 218 Å². The molecule has 1 aromatic carbocycles. The minimum Gasteiger partial charge on any atom is -0.480 e. The Morgan fingerprint density at radius 1 is 0.811 bits per heavy atom. The van der Waals surface area contributed by atoms with Gasteiger partial charge in [0.05, 0.1) is 30.5 Å². The summed E-state index contributed by atoms with van der Waals surface area (Å²) >= 11 is 0. The number of hydrogen-bond donors (Lipinski definition) is 0. The second-order valence-corrected chi connectivity index (χ2v) is 11.9. The van der Waals surface area contributed by atoms with Crippen molar-refractivity contribution in [1.29, 1.82) is 0 Å². The molecule has 2 aliphatic heterocycles. The lowest BCUT2D eigenvalue weighted by atomic mass is 9.68. The van der Waals surface area contributed by atoms with Crippen LogP contribution in [0.5, 0.6) is 5.88 Å². The Morgan fingerprint density at radius 3 is 2.30 bits per heavy atom. The fraction of sp³-hybridized carbons (Fsp3) is 0.600. The van der Waals surface area contributed by atoms with Crippen molar-refractivity contribution in [3.8, 4) is 17.3 Å². The highest BCUT2D eigenvalue weighted by atomic mass is 16.5. The number of hydrogen-bond acceptors (Lipinski definition) is 6. The van der Waals surface area contributed by atoms with Gasteiger partial charge in [-0.15, -0.1) is 0 Å². The van der Waals surface area contributed by atoms with Gasteiger partial charge in [-0.1, -0.05) is 37.8 Å². The minimum absolute atomic E-state index is 0.0648. The monoisotopic (exact) mass is 499 g/mol. The van der Waals surface area contributed by atoms with Crippen molar-refractivity contribution in [3.05, 3.63) is 47.0 Å². The fourth-order valence-electron chi connectivity index (χ4n) is 8.38. The molecule has 4 fully saturated rings. The average molecular weight is 500 g/mol. The van der Waals surface area contributed by atoms with Crippen LogP contribution in [0.15, 0.2) is 41.5 Å². The first kappa shape index (κ1) is 23.3.